The molecule has 1 atom stereocenters. The molecule has 1 unspecified atom stereocenters. The summed E-state index contributed by atoms with van der Waals surface area (Å²) in [5.74, 6) is 1.45. The lowest BCUT2D eigenvalue weighted by molar-refractivity contribution is 0.111. The van der Waals surface area contributed by atoms with Crippen LogP contribution in [0.5, 0.6) is 5.75 Å². The molecule has 4 rings (SSSR count). The quantitative estimate of drug-likeness (QED) is 0.330. The van der Waals surface area contributed by atoms with E-state index >= 15 is 0 Å². The molecule has 1 aromatic heterocycles. The topological polar surface area (TPSA) is 118 Å². The number of fused-ring (bicyclic) bond motifs is 1. The highest BCUT2D eigenvalue weighted by molar-refractivity contribution is 7.89. The van der Waals surface area contributed by atoms with Crippen LogP contribution in [-0.4, -0.2) is 54.9 Å². The van der Waals surface area contributed by atoms with Gasteiger partial charge in [-0.25, -0.2) is 8.42 Å². The van der Waals surface area contributed by atoms with Gasteiger partial charge in [0.05, 0.1) is 17.6 Å². The fraction of sp³-hybridized carbons (Fsp3) is 0.429. The van der Waals surface area contributed by atoms with Crippen LogP contribution in [0.3, 0.4) is 0 Å². The van der Waals surface area contributed by atoms with Gasteiger partial charge >= 0.3 is 0 Å². The molecule has 1 fully saturated rings. The molecule has 9 heteroatoms. The summed E-state index contributed by atoms with van der Waals surface area (Å²) < 4.78 is 29.1. The van der Waals surface area contributed by atoms with Gasteiger partial charge in [0.15, 0.2) is 9.84 Å². The predicted octanol–water partition coefficient (Wildman–Crippen LogP) is 2.01. The van der Waals surface area contributed by atoms with Crippen LogP contribution in [0, 0.1) is 5.92 Å². The molecule has 30 heavy (non-hydrogen) atoms. The van der Waals surface area contributed by atoms with Crippen molar-refractivity contribution >= 4 is 15.8 Å². The summed E-state index contributed by atoms with van der Waals surface area (Å²) in [6.45, 7) is 1.50. The standard InChI is InChI=1S/C21H26N4O4S/c1-30(27,28)13-14-2-4-15(5-3-14)18-10-17-11-19(29-20(17)12-23-18)16-6-8-25(9-7-16)21(22)24-26/h2-5,10,12,16,19,26H,6-9,11,13H2,1H3,(H2,22,24). The Hall–Kier alpha value is -2.81. The highest BCUT2D eigenvalue weighted by Crippen LogP contribution is 2.36. The fourth-order valence-corrected chi connectivity index (χ4v) is 5.03. The maximum atomic E-state index is 11.5. The molecule has 0 spiro atoms. The van der Waals surface area contributed by atoms with Gasteiger partial charge in [0.25, 0.3) is 0 Å². The number of nitrogens with zero attached hydrogens (tertiary/aromatic N) is 3. The van der Waals surface area contributed by atoms with Gasteiger partial charge in [-0.15, -0.1) is 0 Å². The van der Waals surface area contributed by atoms with Crippen LogP contribution in [0.1, 0.15) is 24.0 Å². The minimum absolute atomic E-state index is 0.0367. The molecule has 1 saturated heterocycles. The summed E-state index contributed by atoms with van der Waals surface area (Å²) in [6.07, 6.45) is 5.82. The van der Waals surface area contributed by atoms with Crippen molar-refractivity contribution < 1.29 is 18.4 Å². The third-order valence-corrected chi connectivity index (χ3v) is 6.68. The molecule has 0 saturated carbocycles. The van der Waals surface area contributed by atoms with E-state index in [9.17, 15) is 8.42 Å². The minimum atomic E-state index is -3.05. The second kappa shape index (κ2) is 8.14. The van der Waals surface area contributed by atoms with Crippen LogP contribution in [0.4, 0.5) is 0 Å². The van der Waals surface area contributed by atoms with Crippen molar-refractivity contribution in [1.82, 2.24) is 9.88 Å². The van der Waals surface area contributed by atoms with Gasteiger partial charge < -0.3 is 20.6 Å². The SMILES string of the molecule is CS(=O)(=O)Cc1ccc(-c2cc3c(cn2)OC(C2CCN(C(N)=NO)CC2)C3)cc1. The number of pyridine rings is 1. The molecule has 0 bridgehead atoms. The Morgan fingerprint density at radius 2 is 2.00 bits per heavy atom. The number of hydrogen-bond acceptors (Lipinski definition) is 6. The third kappa shape index (κ3) is 4.51. The number of hydrogen-bond donors (Lipinski definition) is 2. The zero-order valence-electron chi connectivity index (χ0n) is 16.9. The van der Waals surface area contributed by atoms with Crippen molar-refractivity contribution in [3.8, 4) is 17.0 Å². The highest BCUT2D eigenvalue weighted by Gasteiger charge is 2.33. The number of aromatic nitrogens is 1. The molecule has 0 amide bonds. The molecule has 0 radical (unpaired) electrons. The van der Waals surface area contributed by atoms with E-state index in [2.05, 4.69) is 16.2 Å². The smallest absolute Gasteiger partial charge is 0.233 e. The van der Waals surface area contributed by atoms with Gasteiger partial charge in [0, 0.05) is 36.9 Å². The number of ether oxygens (including phenoxy) is 1. The lowest BCUT2D eigenvalue weighted by atomic mass is 9.89. The molecule has 2 aromatic rings. The van der Waals surface area contributed by atoms with Gasteiger partial charge in [-0.2, -0.15) is 0 Å². The van der Waals surface area contributed by atoms with Crippen LogP contribution < -0.4 is 10.5 Å². The van der Waals surface area contributed by atoms with E-state index in [1.807, 2.05) is 29.2 Å². The van der Waals surface area contributed by atoms with E-state index in [0.717, 1.165) is 60.5 Å². The fourth-order valence-electron chi connectivity index (χ4n) is 4.23. The summed E-state index contributed by atoms with van der Waals surface area (Å²) in [4.78, 5) is 6.42. The van der Waals surface area contributed by atoms with Gasteiger partial charge in [-0.1, -0.05) is 29.4 Å². The Balaban J connectivity index is 1.42. The number of sulfone groups is 1. The summed E-state index contributed by atoms with van der Waals surface area (Å²) in [7, 11) is -3.05. The largest absolute Gasteiger partial charge is 0.488 e. The van der Waals surface area contributed by atoms with Crippen molar-refractivity contribution in [1.29, 1.82) is 0 Å². The monoisotopic (exact) mass is 430 g/mol. The van der Waals surface area contributed by atoms with E-state index < -0.39 is 9.84 Å². The van der Waals surface area contributed by atoms with Crippen LogP contribution in [0.25, 0.3) is 11.3 Å². The Kier molecular flexibility index (Phi) is 5.55. The van der Waals surface area contributed by atoms with E-state index in [-0.39, 0.29) is 17.8 Å². The minimum Gasteiger partial charge on any atom is -0.488 e. The average molecular weight is 431 g/mol. The summed E-state index contributed by atoms with van der Waals surface area (Å²) in [5.41, 5.74) is 9.40. The third-order valence-electron chi connectivity index (χ3n) is 5.82. The van der Waals surface area contributed by atoms with Crippen molar-refractivity contribution in [3.05, 3.63) is 47.7 Å². The number of rotatable bonds is 4. The number of nitrogens with two attached hydrogens (primary N) is 1. The van der Waals surface area contributed by atoms with Crippen LogP contribution in [0.2, 0.25) is 0 Å². The van der Waals surface area contributed by atoms with Gasteiger partial charge in [0.1, 0.15) is 11.9 Å². The van der Waals surface area contributed by atoms with Crippen molar-refractivity contribution in [2.75, 3.05) is 19.3 Å². The van der Waals surface area contributed by atoms with Gasteiger partial charge in [-0.05, 0) is 30.4 Å². The Morgan fingerprint density at radius 1 is 1.30 bits per heavy atom. The second-order valence-electron chi connectivity index (χ2n) is 8.09. The lowest BCUT2D eigenvalue weighted by Crippen LogP contribution is -2.45. The number of benzene rings is 1. The number of guanidine groups is 1. The molecule has 1 aromatic carbocycles. The molecule has 3 heterocycles. The van der Waals surface area contributed by atoms with Crippen molar-refractivity contribution in [2.24, 2.45) is 16.8 Å². The molecular formula is C21H26N4O4S. The van der Waals surface area contributed by atoms with Gasteiger partial charge in [-0.3, -0.25) is 4.98 Å². The Labute approximate surface area is 176 Å². The summed E-state index contributed by atoms with van der Waals surface area (Å²) in [6, 6.07) is 9.54. The molecule has 2 aliphatic rings. The first-order chi connectivity index (χ1) is 14.3. The van der Waals surface area contributed by atoms with E-state index in [1.54, 1.807) is 6.20 Å². The lowest BCUT2D eigenvalue weighted by Gasteiger charge is -2.34. The predicted molar refractivity (Wildman–Crippen MR) is 114 cm³/mol. The van der Waals surface area contributed by atoms with Crippen molar-refractivity contribution in [2.45, 2.75) is 31.1 Å². The molecular weight excluding hydrogens is 404 g/mol. The van der Waals surface area contributed by atoms with Crippen molar-refractivity contribution in [3.63, 3.8) is 0 Å². The molecule has 160 valence electrons. The second-order valence-corrected chi connectivity index (χ2v) is 10.2. The number of likely N-dealkylation sites (tertiary alicyclic amines) is 1. The molecule has 0 aliphatic carbocycles. The summed E-state index contributed by atoms with van der Waals surface area (Å²) >= 11 is 0. The zero-order chi connectivity index (χ0) is 21.3. The first kappa shape index (κ1) is 20.5. The molecule has 2 aliphatic heterocycles. The normalized spacial score (nSPS) is 20.1. The van der Waals surface area contributed by atoms with Crippen LogP contribution in [0.15, 0.2) is 41.7 Å². The Bertz CT molecular complexity index is 1050. The first-order valence-corrected chi connectivity index (χ1v) is 12.0. The van der Waals surface area contributed by atoms with E-state index in [0.29, 0.717) is 5.92 Å². The van der Waals surface area contributed by atoms with E-state index in [1.165, 1.54) is 6.26 Å². The maximum absolute atomic E-state index is 11.5. The number of piperidine rings is 1. The number of oxime groups is 1. The summed E-state index contributed by atoms with van der Waals surface area (Å²) in [5, 5.41) is 11.9. The maximum Gasteiger partial charge on any atom is 0.233 e. The molecule has 8 nitrogen and oxygen atoms in total. The Morgan fingerprint density at radius 3 is 2.63 bits per heavy atom. The van der Waals surface area contributed by atoms with Crippen LogP contribution in [-0.2, 0) is 22.0 Å². The van der Waals surface area contributed by atoms with E-state index in [4.69, 9.17) is 15.7 Å². The zero-order valence-corrected chi connectivity index (χ0v) is 17.7. The first-order valence-electron chi connectivity index (χ1n) is 9.97. The van der Waals surface area contributed by atoms with Crippen LogP contribution >= 0.6 is 0 Å². The van der Waals surface area contributed by atoms with Gasteiger partial charge in [0.2, 0.25) is 5.96 Å². The highest BCUT2D eigenvalue weighted by atomic mass is 32.2. The average Bonchev–Trinajstić information content (AvgIpc) is 3.16. The molecule has 3 N–H and O–H groups in total.